The maximum Gasteiger partial charge on any atom is 0.303 e. The number of aliphatic carboxylic acids is 1. The summed E-state index contributed by atoms with van der Waals surface area (Å²) >= 11 is 17.8. The predicted octanol–water partition coefficient (Wildman–Crippen LogP) is 4.70. The number of carboxylic acids is 1. The lowest BCUT2D eigenvalue weighted by atomic mass is 10.2. The monoisotopic (exact) mass is 309 g/mol. The Hall–Kier alpha value is -0.640. The fourth-order valence-electron chi connectivity index (χ4n) is 1.50. The van der Waals surface area contributed by atoms with Crippen molar-refractivity contribution in [2.75, 3.05) is 11.9 Å². The van der Waals surface area contributed by atoms with Gasteiger partial charge in [-0.05, 0) is 25.0 Å². The molecule has 0 unspecified atom stereocenters. The summed E-state index contributed by atoms with van der Waals surface area (Å²) < 4.78 is 0. The predicted molar refractivity (Wildman–Crippen MR) is 76.1 cm³/mol. The summed E-state index contributed by atoms with van der Waals surface area (Å²) in [5, 5.41) is 13.1. The molecule has 0 aliphatic heterocycles. The molecule has 100 valence electrons. The van der Waals surface area contributed by atoms with Gasteiger partial charge in [-0.25, -0.2) is 0 Å². The molecule has 0 saturated carbocycles. The molecule has 0 fully saturated rings. The van der Waals surface area contributed by atoms with E-state index in [9.17, 15) is 4.79 Å². The molecule has 0 aliphatic carbocycles. The SMILES string of the molecule is O=C(O)CCCCCNc1c(Cl)cc(Cl)cc1Cl. The van der Waals surface area contributed by atoms with Gasteiger partial charge in [0.15, 0.2) is 0 Å². The molecule has 2 N–H and O–H groups in total. The van der Waals surface area contributed by atoms with Crippen molar-refractivity contribution in [3.63, 3.8) is 0 Å². The van der Waals surface area contributed by atoms with Crippen LogP contribution in [-0.2, 0) is 4.79 Å². The lowest BCUT2D eigenvalue weighted by Crippen LogP contribution is -2.03. The standard InChI is InChI=1S/C12H14Cl3NO2/c13-8-6-9(14)12(10(15)7-8)16-5-3-1-2-4-11(17)18/h6-7,16H,1-5H2,(H,17,18). The van der Waals surface area contributed by atoms with Gasteiger partial charge in [-0.1, -0.05) is 41.2 Å². The Bertz CT molecular complexity index is 401. The Morgan fingerprint density at radius 2 is 1.72 bits per heavy atom. The second kappa shape index (κ2) is 7.72. The third kappa shape index (κ3) is 5.34. The largest absolute Gasteiger partial charge is 0.481 e. The van der Waals surface area contributed by atoms with Crippen molar-refractivity contribution < 1.29 is 9.90 Å². The Balaban J connectivity index is 2.33. The van der Waals surface area contributed by atoms with Crippen molar-refractivity contribution in [1.82, 2.24) is 0 Å². The van der Waals surface area contributed by atoms with Gasteiger partial charge in [0.2, 0.25) is 0 Å². The smallest absolute Gasteiger partial charge is 0.303 e. The van der Waals surface area contributed by atoms with Crippen LogP contribution < -0.4 is 5.32 Å². The van der Waals surface area contributed by atoms with Crippen LogP contribution in [-0.4, -0.2) is 17.6 Å². The molecule has 0 atom stereocenters. The van der Waals surface area contributed by atoms with Gasteiger partial charge < -0.3 is 10.4 Å². The van der Waals surface area contributed by atoms with Crippen molar-refractivity contribution in [3.8, 4) is 0 Å². The van der Waals surface area contributed by atoms with E-state index in [2.05, 4.69) is 5.32 Å². The van der Waals surface area contributed by atoms with E-state index < -0.39 is 5.97 Å². The molecule has 18 heavy (non-hydrogen) atoms. The number of nitrogens with one attached hydrogen (secondary N) is 1. The highest BCUT2D eigenvalue weighted by Gasteiger charge is 2.06. The lowest BCUT2D eigenvalue weighted by Gasteiger charge is -2.10. The minimum Gasteiger partial charge on any atom is -0.481 e. The van der Waals surface area contributed by atoms with Crippen molar-refractivity contribution in [2.45, 2.75) is 25.7 Å². The molecule has 1 rings (SSSR count). The minimum absolute atomic E-state index is 0.211. The van der Waals surface area contributed by atoms with Gasteiger partial charge in [-0.3, -0.25) is 4.79 Å². The molecular formula is C12H14Cl3NO2. The van der Waals surface area contributed by atoms with Crippen molar-refractivity contribution in [3.05, 3.63) is 27.2 Å². The van der Waals surface area contributed by atoms with Gasteiger partial charge >= 0.3 is 5.97 Å². The number of carbonyl (C=O) groups is 1. The number of carboxylic acid groups (broad SMARTS) is 1. The van der Waals surface area contributed by atoms with E-state index in [0.717, 1.165) is 12.8 Å². The van der Waals surface area contributed by atoms with E-state index in [4.69, 9.17) is 39.9 Å². The van der Waals surface area contributed by atoms with Crippen LogP contribution >= 0.6 is 34.8 Å². The highest BCUT2D eigenvalue weighted by Crippen LogP contribution is 2.33. The summed E-state index contributed by atoms with van der Waals surface area (Å²) in [7, 11) is 0. The number of halogens is 3. The van der Waals surface area contributed by atoms with Crippen LogP contribution in [0.4, 0.5) is 5.69 Å². The van der Waals surface area contributed by atoms with Crippen LogP contribution in [0.3, 0.4) is 0 Å². The van der Waals surface area contributed by atoms with E-state index >= 15 is 0 Å². The molecule has 1 aromatic carbocycles. The number of benzene rings is 1. The van der Waals surface area contributed by atoms with Gasteiger partial charge in [0.05, 0.1) is 15.7 Å². The molecule has 0 spiro atoms. The molecule has 0 radical (unpaired) electrons. The zero-order valence-corrected chi connectivity index (χ0v) is 11.9. The van der Waals surface area contributed by atoms with Gasteiger partial charge in [0.1, 0.15) is 0 Å². The summed E-state index contributed by atoms with van der Waals surface area (Å²) in [5.74, 6) is -0.758. The number of hydrogen-bond donors (Lipinski definition) is 2. The molecule has 0 aromatic heterocycles. The Morgan fingerprint density at radius 1 is 1.11 bits per heavy atom. The van der Waals surface area contributed by atoms with Crippen LogP contribution in [0, 0.1) is 0 Å². The maximum atomic E-state index is 10.3. The quantitative estimate of drug-likeness (QED) is 0.717. The van der Waals surface area contributed by atoms with E-state index in [1.807, 2.05) is 0 Å². The van der Waals surface area contributed by atoms with Crippen molar-refractivity contribution in [1.29, 1.82) is 0 Å². The second-order valence-corrected chi connectivity index (χ2v) is 5.13. The highest BCUT2D eigenvalue weighted by molar-refractivity contribution is 6.41. The fourth-order valence-corrected chi connectivity index (χ4v) is 2.45. The maximum absolute atomic E-state index is 10.3. The Morgan fingerprint density at radius 3 is 2.28 bits per heavy atom. The van der Waals surface area contributed by atoms with Gasteiger partial charge in [-0.2, -0.15) is 0 Å². The van der Waals surface area contributed by atoms with E-state index in [0.29, 0.717) is 33.7 Å². The topological polar surface area (TPSA) is 49.3 Å². The van der Waals surface area contributed by atoms with Crippen LogP contribution in [0.2, 0.25) is 15.1 Å². The molecule has 0 bridgehead atoms. The number of rotatable bonds is 7. The summed E-state index contributed by atoms with van der Waals surface area (Å²) in [6.07, 6.45) is 2.60. The Kier molecular flexibility index (Phi) is 6.61. The van der Waals surface area contributed by atoms with Crippen LogP contribution in [0.5, 0.6) is 0 Å². The van der Waals surface area contributed by atoms with Gasteiger partial charge in [0.25, 0.3) is 0 Å². The van der Waals surface area contributed by atoms with E-state index in [-0.39, 0.29) is 6.42 Å². The summed E-state index contributed by atoms with van der Waals surface area (Å²) in [5.41, 5.74) is 0.668. The number of unbranched alkanes of at least 4 members (excludes halogenated alkanes) is 2. The molecule has 0 saturated heterocycles. The van der Waals surface area contributed by atoms with Crippen LogP contribution in [0.25, 0.3) is 0 Å². The zero-order valence-electron chi connectivity index (χ0n) is 9.68. The Labute approximate surface area is 121 Å². The van der Waals surface area contributed by atoms with Crippen molar-refractivity contribution >= 4 is 46.5 Å². The highest BCUT2D eigenvalue weighted by atomic mass is 35.5. The van der Waals surface area contributed by atoms with Crippen LogP contribution in [0.15, 0.2) is 12.1 Å². The van der Waals surface area contributed by atoms with E-state index in [1.165, 1.54) is 0 Å². The average molecular weight is 311 g/mol. The molecule has 6 heteroatoms. The average Bonchev–Trinajstić information content (AvgIpc) is 2.25. The second-order valence-electron chi connectivity index (χ2n) is 3.88. The summed E-state index contributed by atoms with van der Waals surface area (Å²) in [4.78, 5) is 10.3. The van der Waals surface area contributed by atoms with Crippen LogP contribution in [0.1, 0.15) is 25.7 Å². The first kappa shape index (κ1) is 15.4. The third-order valence-corrected chi connectivity index (χ3v) is 3.19. The molecule has 0 heterocycles. The normalized spacial score (nSPS) is 10.4. The molecule has 0 amide bonds. The first-order valence-electron chi connectivity index (χ1n) is 5.61. The molecule has 3 nitrogen and oxygen atoms in total. The minimum atomic E-state index is -0.758. The lowest BCUT2D eigenvalue weighted by molar-refractivity contribution is -0.137. The zero-order chi connectivity index (χ0) is 13.5. The van der Waals surface area contributed by atoms with E-state index in [1.54, 1.807) is 12.1 Å². The molecule has 1 aromatic rings. The molecule has 0 aliphatic rings. The fraction of sp³-hybridized carbons (Fsp3) is 0.417. The molecular weight excluding hydrogens is 296 g/mol. The number of anilines is 1. The van der Waals surface area contributed by atoms with Gasteiger partial charge in [0, 0.05) is 18.0 Å². The third-order valence-electron chi connectivity index (χ3n) is 2.38. The van der Waals surface area contributed by atoms with Gasteiger partial charge in [-0.15, -0.1) is 0 Å². The summed E-state index contributed by atoms with van der Waals surface area (Å²) in [6.45, 7) is 0.695. The summed E-state index contributed by atoms with van der Waals surface area (Å²) in [6, 6.07) is 3.25. The van der Waals surface area contributed by atoms with Crippen molar-refractivity contribution in [2.24, 2.45) is 0 Å². The number of hydrogen-bond acceptors (Lipinski definition) is 2. The first-order chi connectivity index (χ1) is 8.50. The first-order valence-corrected chi connectivity index (χ1v) is 6.74.